The van der Waals surface area contributed by atoms with Gasteiger partial charge in [0.2, 0.25) is 5.91 Å². The average molecular weight is 369 g/mol. The van der Waals surface area contributed by atoms with Gasteiger partial charge in [-0.1, -0.05) is 18.2 Å². The molecule has 0 spiro atoms. The molecule has 0 saturated carbocycles. The van der Waals surface area contributed by atoms with Crippen LogP contribution in [-0.2, 0) is 4.79 Å². The third kappa shape index (κ3) is 4.74. The van der Waals surface area contributed by atoms with Crippen molar-refractivity contribution in [3.8, 4) is 11.4 Å². The van der Waals surface area contributed by atoms with Crippen LogP contribution >= 0.6 is 0 Å². The standard InChI is InChI=1S/C20H27N5O2/c1-24(2)13-14-25-15(7-8-18(25)26)9-10-23-20(27)17-6-4-3-5-16(17)19-21-11-12-22-19/h3-6,11-12,15H,7-10,13-14H2,1-2H3,(H,21,22)(H,23,27)/t15-/m0/s1. The number of nitrogens with zero attached hydrogens (tertiary/aromatic N) is 3. The molecule has 7 heteroatoms. The highest BCUT2D eigenvalue weighted by Crippen LogP contribution is 2.22. The van der Waals surface area contributed by atoms with E-state index in [1.807, 2.05) is 37.2 Å². The molecule has 2 aromatic rings. The number of likely N-dealkylation sites (tertiary alicyclic amines) is 1. The van der Waals surface area contributed by atoms with Gasteiger partial charge in [-0.15, -0.1) is 0 Å². The SMILES string of the molecule is CN(C)CCN1C(=O)CC[C@H]1CCNC(=O)c1ccccc1-c1ncc[nH]1. The molecular weight excluding hydrogens is 342 g/mol. The zero-order valence-electron chi connectivity index (χ0n) is 15.9. The van der Waals surface area contributed by atoms with Crippen LogP contribution in [0.4, 0.5) is 0 Å². The van der Waals surface area contributed by atoms with Crippen LogP contribution in [0.1, 0.15) is 29.6 Å². The van der Waals surface area contributed by atoms with Crippen molar-refractivity contribution in [1.82, 2.24) is 25.1 Å². The Morgan fingerprint density at radius 2 is 2.19 bits per heavy atom. The number of carbonyl (C=O) groups is 2. The van der Waals surface area contributed by atoms with Crippen molar-refractivity contribution < 1.29 is 9.59 Å². The maximum absolute atomic E-state index is 12.7. The second-order valence-corrected chi connectivity index (χ2v) is 7.11. The van der Waals surface area contributed by atoms with Gasteiger partial charge in [-0.3, -0.25) is 9.59 Å². The molecule has 1 aliphatic rings. The zero-order chi connectivity index (χ0) is 19.2. The van der Waals surface area contributed by atoms with Crippen LogP contribution in [0.5, 0.6) is 0 Å². The van der Waals surface area contributed by atoms with Crippen molar-refractivity contribution in [1.29, 1.82) is 0 Å². The molecule has 27 heavy (non-hydrogen) atoms. The van der Waals surface area contributed by atoms with Gasteiger partial charge in [0.25, 0.3) is 5.91 Å². The molecule has 1 fully saturated rings. The minimum absolute atomic E-state index is 0.119. The number of carbonyl (C=O) groups excluding carboxylic acids is 2. The molecule has 0 aliphatic carbocycles. The molecule has 144 valence electrons. The number of rotatable bonds is 8. The van der Waals surface area contributed by atoms with E-state index in [9.17, 15) is 9.59 Å². The second kappa shape index (κ2) is 8.81. The van der Waals surface area contributed by atoms with Gasteiger partial charge in [0.1, 0.15) is 5.82 Å². The maximum Gasteiger partial charge on any atom is 0.252 e. The highest BCUT2D eigenvalue weighted by Gasteiger charge is 2.30. The van der Waals surface area contributed by atoms with E-state index in [-0.39, 0.29) is 17.9 Å². The summed E-state index contributed by atoms with van der Waals surface area (Å²) in [4.78, 5) is 36.1. The maximum atomic E-state index is 12.7. The Morgan fingerprint density at radius 1 is 1.37 bits per heavy atom. The van der Waals surface area contributed by atoms with Crippen molar-refractivity contribution >= 4 is 11.8 Å². The molecule has 0 bridgehead atoms. The summed E-state index contributed by atoms with van der Waals surface area (Å²) in [6.45, 7) is 2.14. The highest BCUT2D eigenvalue weighted by molar-refractivity contribution is 6.00. The van der Waals surface area contributed by atoms with E-state index in [1.54, 1.807) is 18.5 Å². The van der Waals surface area contributed by atoms with E-state index < -0.39 is 0 Å². The van der Waals surface area contributed by atoms with Gasteiger partial charge in [0.15, 0.2) is 0 Å². The number of hydrogen-bond donors (Lipinski definition) is 2. The lowest BCUT2D eigenvalue weighted by Crippen LogP contribution is -2.40. The molecule has 1 aromatic carbocycles. The molecule has 0 radical (unpaired) electrons. The average Bonchev–Trinajstić information content (AvgIpc) is 3.30. The largest absolute Gasteiger partial charge is 0.352 e. The van der Waals surface area contributed by atoms with Crippen molar-refractivity contribution in [2.75, 3.05) is 33.7 Å². The molecule has 2 amide bonds. The first-order chi connectivity index (χ1) is 13.1. The lowest BCUT2D eigenvalue weighted by molar-refractivity contribution is -0.129. The number of amides is 2. The van der Waals surface area contributed by atoms with Crippen LogP contribution in [0.3, 0.4) is 0 Å². The van der Waals surface area contributed by atoms with E-state index in [1.165, 1.54) is 0 Å². The van der Waals surface area contributed by atoms with Crippen LogP contribution < -0.4 is 5.32 Å². The van der Waals surface area contributed by atoms with Gasteiger partial charge >= 0.3 is 0 Å². The Bertz CT molecular complexity index is 772. The van der Waals surface area contributed by atoms with Crippen molar-refractivity contribution in [2.24, 2.45) is 0 Å². The lowest BCUT2D eigenvalue weighted by atomic mass is 10.1. The molecular formula is C20H27N5O2. The quantitative estimate of drug-likeness (QED) is 0.743. The fourth-order valence-corrected chi connectivity index (χ4v) is 3.46. The fourth-order valence-electron chi connectivity index (χ4n) is 3.46. The molecule has 3 rings (SSSR count). The van der Waals surface area contributed by atoms with Crippen molar-refractivity contribution in [3.05, 3.63) is 42.2 Å². The normalized spacial score (nSPS) is 16.9. The van der Waals surface area contributed by atoms with Gasteiger partial charge in [0, 0.05) is 50.1 Å². The monoisotopic (exact) mass is 369 g/mol. The lowest BCUT2D eigenvalue weighted by Gasteiger charge is -2.26. The zero-order valence-corrected chi connectivity index (χ0v) is 15.9. The molecule has 1 saturated heterocycles. The number of aromatic amines is 1. The van der Waals surface area contributed by atoms with Crippen LogP contribution in [0.25, 0.3) is 11.4 Å². The molecule has 0 unspecified atom stereocenters. The Hall–Kier alpha value is -2.67. The van der Waals surface area contributed by atoms with Crippen LogP contribution in [0, 0.1) is 0 Å². The van der Waals surface area contributed by atoms with E-state index >= 15 is 0 Å². The van der Waals surface area contributed by atoms with Crippen molar-refractivity contribution in [2.45, 2.75) is 25.3 Å². The number of aromatic nitrogens is 2. The summed E-state index contributed by atoms with van der Waals surface area (Å²) in [5.41, 5.74) is 1.38. The van der Waals surface area contributed by atoms with Crippen LogP contribution in [0.2, 0.25) is 0 Å². The van der Waals surface area contributed by atoms with Gasteiger partial charge in [0.05, 0.1) is 5.56 Å². The van der Waals surface area contributed by atoms with Crippen LogP contribution in [0.15, 0.2) is 36.7 Å². The summed E-state index contributed by atoms with van der Waals surface area (Å²) in [5, 5.41) is 3.00. The predicted octanol–water partition coefficient (Wildman–Crippen LogP) is 1.75. The number of benzene rings is 1. The van der Waals surface area contributed by atoms with Crippen molar-refractivity contribution in [3.63, 3.8) is 0 Å². The summed E-state index contributed by atoms with van der Waals surface area (Å²) in [5.74, 6) is 0.777. The molecule has 2 heterocycles. The first-order valence-electron chi connectivity index (χ1n) is 9.37. The fraction of sp³-hybridized carbons (Fsp3) is 0.450. The number of nitrogens with one attached hydrogen (secondary N) is 2. The molecule has 7 nitrogen and oxygen atoms in total. The van der Waals surface area contributed by atoms with E-state index in [2.05, 4.69) is 20.2 Å². The molecule has 1 aliphatic heterocycles. The summed E-state index contributed by atoms with van der Waals surface area (Å²) in [6, 6.07) is 7.63. The van der Waals surface area contributed by atoms with E-state index in [0.717, 1.165) is 31.5 Å². The third-order valence-corrected chi connectivity index (χ3v) is 4.93. The van der Waals surface area contributed by atoms with Gasteiger partial charge in [-0.2, -0.15) is 0 Å². The Labute approximate surface area is 159 Å². The number of likely N-dealkylation sites (N-methyl/N-ethyl adjacent to an activating group) is 1. The van der Waals surface area contributed by atoms with E-state index in [0.29, 0.717) is 24.4 Å². The number of hydrogen-bond acceptors (Lipinski definition) is 4. The summed E-state index contributed by atoms with van der Waals surface area (Å²) in [7, 11) is 4.01. The Balaban J connectivity index is 1.56. The summed E-state index contributed by atoms with van der Waals surface area (Å²) in [6.07, 6.45) is 5.65. The molecule has 1 aromatic heterocycles. The minimum Gasteiger partial charge on any atom is -0.352 e. The molecule has 1 atom stereocenters. The highest BCUT2D eigenvalue weighted by atomic mass is 16.2. The number of imidazole rings is 1. The minimum atomic E-state index is -0.119. The summed E-state index contributed by atoms with van der Waals surface area (Å²) >= 11 is 0. The van der Waals surface area contributed by atoms with Gasteiger partial charge in [-0.05, 0) is 33.0 Å². The Morgan fingerprint density at radius 3 is 2.93 bits per heavy atom. The Kier molecular flexibility index (Phi) is 6.24. The van der Waals surface area contributed by atoms with Gasteiger partial charge < -0.3 is 20.1 Å². The van der Waals surface area contributed by atoms with Crippen LogP contribution in [-0.4, -0.2) is 71.4 Å². The predicted molar refractivity (Wildman–Crippen MR) is 104 cm³/mol. The van der Waals surface area contributed by atoms with Gasteiger partial charge in [-0.25, -0.2) is 4.98 Å². The molecule has 2 N–H and O–H groups in total. The first kappa shape index (κ1) is 19.1. The third-order valence-electron chi connectivity index (χ3n) is 4.93. The first-order valence-corrected chi connectivity index (χ1v) is 9.37. The number of H-pyrrole nitrogens is 1. The van der Waals surface area contributed by atoms with E-state index in [4.69, 9.17) is 0 Å². The smallest absolute Gasteiger partial charge is 0.252 e. The topological polar surface area (TPSA) is 81.3 Å². The second-order valence-electron chi connectivity index (χ2n) is 7.11. The summed E-state index contributed by atoms with van der Waals surface area (Å²) < 4.78 is 0.